The number of anilines is 1. The van der Waals surface area contributed by atoms with Gasteiger partial charge in [-0.2, -0.15) is 0 Å². The molecule has 9 nitrogen and oxygen atoms in total. The van der Waals surface area contributed by atoms with Crippen LogP contribution in [0.1, 0.15) is 33.3 Å². The highest BCUT2D eigenvalue weighted by molar-refractivity contribution is 7.92. The van der Waals surface area contributed by atoms with Crippen LogP contribution in [0.25, 0.3) is 0 Å². The van der Waals surface area contributed by atoms with E-state index in [-0.39, 0.29) is 29.5 Å². The Labute approximate surface area is 250 Å². The molecule has 0 saturated carbocycles. The van der Waals surface area contributed by atoms with Crippen molar-refractivity contribution in [3.63, 3.8) is 0 Å². The van der Waals surface area contributed by atoms with Crippen LogP contribution in [0.4, 0.5) is 10.1 Å². The summed E-state index contributed by atoms with van der Waals surface area (Å²) < 4.78 is 53.8. The number of fused-ring (bicyclic) bond motifs is 1. The fourth-order valence-corrected chi connectivity index (χ4v) is 5.85. The van der Waals surface area contributed by atoms with Gasteiger partial charge in [0.25, 0.3) is 10.0 Å². The SMILES string of the molecule is C[C@H](C(=O)NC(C)(C)C)N(Cc1ccc(Cl)cc1)C(=O)CN(c1ccc(F)cc1)S(=O)(=O)c1ccc2c(c1)OCCO2. The lowest BCUT2D eigenvalue weighted by Crippen LogP contribution is -2.54. The van der Waals surface area contributed by atoms with Crippen LogP contribution < -0.4 is 19.1 Å². The van der Waals surface area contributed by atoms with E-state index in [1.54, 1.807) is 31.2 Å². The number of nitrogens with zero attached hydrogens (tertiary/aromatic N) is 2. The van der Waals surface area contributed by atoms with Crippen LogP contribution in [0.15, 0.2) is 71.6 Å². The maximum Gasteiger partial charge on any atom is 0.264 e. The van der Waals surface area contributed by atoms with Crippen molar-refractivity contribution >= 4 is 39.1 Å². The summed E-state index contributed by atoms with van der Waals surface area (Å²) in [5.41, 5.74) is 0.186. The topological polar surface area (TPSA) is 105 Å². The van der Waals surface area contributed by atoms with Gasteiger partial charge in [0, 0.05) is 23.2 Å². The molecule has 12 heteroatoms. The van der Waals surface area contributed by atoms with E-state index in [1.807, 2.05) is 20.8 Å². The minimum atomic E-state index is -4.37. The number of nitrogens with one attached hydrogen (secondary N) is 1. The lowest BCUT2D eigenvalue weighted by Gasteiger charge is -2.33. The monoisotopic (exact) mass is 617 g/mol. The summed E-state index contributed by atoms with van der Waals surface area (Å²) >= 11 is 6.04. The van der Waals surface area contributed by atoms with Crippen LogP contribution >= 0.6 is 11.6 Å². The Morgan fingerprint density at radius 3 is 2.21 bits per heavy atom. The molecule has 1 aliphatic heterocycles. The molecule has 2 amide bonds. The van der Waals surface area contributed by atoms with Crippen LogP contribution in [0.2, 0.25) is 5.02 Å². The van der Waals surface area contributed by atoms with E-state index in [4.69, 9.17) is 21.1 Å². The Kier molecular flexibility index (Phi) is 9.32. The third-order valence-electron chi connectivity index (χ3n) is 6.43. The van der Waals surface area contributed by atoms with Crippen LogP contribution in [-0.4, -0.2) is 56.5 Å². The largest absolute Gasteiger partial charge is 0.486 e. The van der Waals surface area contributed by atoms with E-state index in [0.29, 0.717) is 22.9 Å². The smallest absolute Gasteiger partial charge is 0.264 e. The van der Waals surface area contributed by atoms with Crippen LogP contribution in [-0.2, 0) is 26.2 Å². The van der Waals surface area contributed by atoms with Crippen molar-refractivity contribution < 1.29 is 31.9 Å². The number of benzene rings is 3. The number of carbonyl (C=O) groups is 2. The van der Waals surface area contributed by atoms with Crippen molar-refractivity contribution in [3.8, 4) is 11.5 Å². The zero-order chi connectivity index (χ0) is 30.7. The van der Waals surface area contributed by atoms with Gasteiger partial charge in [-0.05, 0) is 81.8 Å². The van der Waals surface area contributed by atoms with Crippen molar-refractivity contribution in [2.75, 3.05) is 24.1 Å². The Morgan fingerprint density at radius 1 is 0.976 bits per heavy atom. The average molecular weight is 618 g/mol. The highest BCUT2D eigenvalue weighted by atomic mass is 35.5. The van der Waals surface area contributed by atoms with Gasteiger partial charge in [-0.25, -0.2) is 12.8 Å². The number of hydrogen-bond acceptors (Lipinski definition) is 6. The fraction of sp³-hybridized carbons (Fsp3) is 0.333. The quantitative estimate of drug-likeness (QED) is 0.371. The van der Waals surface area contributed by atoms with Crippen molar-refractivity contribution in [1.29, 1.82) is 0 Å². The molecular weight excluding hydrogens is 585 g/mol. The Morgan fingerprint density at radius 2 is 1.60 bits per heavy atom. The molecule has 0 aliphatic carbocycles. The standard InChI is InChI=1S/C30H33ClFN3O6S/c1-20(29(37)33-30(2,3)4)34(18-21-5-7-22(31)8-6-21)28(36)19-35(24-11-9-23(32)10-12-24)42(38,39)25-13-14-26-27(17-25)41-16-15-40-26/h5-14,17,20H,15-16,18-19H2,1-4H3,(H,33,37)/t20-/m1/s1. The highest BCUT2D eigenvalue weighted by Crippen LogP contribution is 2.34. The first kappa shape index (κ1) is 31.1. The van der Waals surface area contributed by atoms with Crippen LogP contribution in [0.5, 0.6) is 11.5 Å². The molecule has 3 aromatic carbocycles. The summed E-state index contributed by atoms with van der Waals surface area (Å²) in [6, 6.07) is 14.7. The zero-order valence-electron chi connectivity index (χ0n) is 23.8. The Hall–Kier alpha value is -3.83. The molecule has 3 aromatic rings. The van der Waals surface area contributed by atoms with Gasteiger partial charge in [0.2, 0.25) is 11.8 Å². The third-order valence-corrected chi connectivity index (χ3v) is 8.45. The predicted octanol–water partition coefficient (Wildman–Crippen LogP) is 4.78. The second-order valence-electron chi connectivity index (χ2n) is 10.9. The first-order valence-corrected chi connectivity index (χ1v) is 15.1. The molecule has 0 spiro atoms. The van der Waals surface area contributed by atoms with Crippen molar-refractivity contribution in [1.82, 2.24) is 10.2 Å². The van der Waals surface area contributed by atoms with E-state index in [9.17, 15) is 22.4 Å². The number of rotatable bonds is 9. The second kappa shape index (κ2) is 12.6. The third kappa shape index (κ3) is 7.51. The molecule has 42 heavy (non-hydrogen) atoms. The number of amides is 2. The molecule has 4 rings (SSSR count). The zero-order valence-corrected chi connectivity index (χ0v) is 25.3. The number of sulfonamides is 1. The minimum absolute atomic E-state index is 0.00998. The van der Waals surface area contributed by atoms with Gasteiger partial charge in [-0.1, -0.05) is 23.7 Å². The molecule has 1 heterocycles. The van der Waals surface area contributed by atoms with Gasteiger partial charge in [0.05, 0.1) is 10.6 Å². The van der Waals surface area contributed by atoms with E-state index in [1.165, 1.54) is 35.2 Å². The van der Waals surface area contributed by atoms with Gasteiger partial charge < -0.3 is 19.7 Å². The van der Waals surface area contributed by atoms with Crippen molar-refractivity contribution in [2.24, 2.45) is 0 Å². The van der Waals surface area contributed by atoms with Crippen LogP contribution in [0.3, 0.4) is 0 Å². The molecule has 0 aromatic heterocycles. The molecule has 1 aliphatic rings. The maximum atomic E-state index is 14.0. The molecule has 224 valence electrons. The lowest BCUT2D eigenvalue weighted by molar-refractivity contribution is -0.140. The summed E-state index contributed by atoms with van der Waals surface area (Å²) in [5.74, 6) is -0.972. The molecule has 1 N–H and O–H groups in total. The predicted molar refractivity (Wildman–Crippen MR) is 158 cm³/mol. The Balaban J connectivity index is 1.72. The van der Waals surface area contributed by atoms with Gasteiger partial charge in [-0.15, -0.1) is 0 Å². The van der Waals surface area contributed by atoms with Gasteiger partial charge in [0.15, 0.2) is 11.5 Å². The number of carbonyl (C=O) groups excluding carboxylic acids is 2. The average Bonchev–Trinajstić information content (AvgIpc) is 2.94. The van der Waals surface area contributed by atoms with E-state index in [2.05, 4.69) is 5.32 Å². The lowest BCUT2D eigenvalue weighted by atomic mass is 10.1. The number of halogens is 2. The normalized spacial score (nSPS) is 13.7. The number of ether oxygens (including phenoxy) is 2. The Bertz CT molecular complexity index is 1540. The summed E-state index contributed by atoms with van der Waals surface area (Å²) in [6.07, 6.45) is 0. The molecule has 0 unspecified atom stereocenters. The number of hydrogen-bond donors (Lipinski definition) is 1. The van der Waals surface area contributed by atoms with Crippen molar-refractivity contribution in [3.05, 3.63) is 83.1 Å². The van der Waals surface area contributed by atoms with Gasteiger partial charge in [0.1, 0.15) is 31.6 Å². The molecule has 0 fully saturated rings. The van der Waals surface area contributed by atoms with E-state index < -0.39 is 45.8 Å². The molecule has 0 saturated heterocycles. The summed E-state index contributed by atoms with van der Waals surface area (Å²) in [5, 5.41) is 3.38. The first-order chi connectivity index (χ1) is 19.7. The molecule has 1 atom stereocenters. The first-order valence-electron chi connectivity index (χ1n) is 13.3. The maximum absolute atomic E-state index is 14.0. The molecular formula is C30H33ClFN3O6S. The van der Waals surface area contributed by atoms with Gasteiger partial charge >= 0.3 is 0 Å². The summed E-state index contributed by atoms with van der Waals surface area (Å²) in [6.45, 7) is 6.97. The minimum Gasteiger partial charge on any atom is -0.486 e. The van der Waals surface area contributed by atoms with Crippen LogP contribution in [0, 0.1) is 5.82 Å². The molecule has 0 radical (unpaired) electrons. The van der Waals surface area contributed by atoms with Crippen molar-refractivity contribution in [2.45, 2.75) is 50.7 Å². The highest BCUT2D eigenvalue weighted by Gasteiger charge is 2.34. The molecule has 0 bridgehead atoms. The van der Waals surface area contributed by atoms with Gasteiger partial charge in [-0.3, -0.25) is 13.9 Å². The summed E-state index contributed by atoms with van der Waals surface area (Å²) in [7, 11) is -4.37. The summed E-state index contributed by atoms with van der Waals surface area (Å²) in [4.78, 5) is 28.3. The second-order valence-corrected chi connectivity index (χ2v) is 13.2. The van der Waals surface area contributed by atoms with E-state index >= 15 is 0 Å². The fourth-order valence-electron chi connectivity index (χ4n) is 4.29. The van der Waals surface area contributed by atoms with E-state index in [0.717, 1.165) is 16.4 Å².